The van der Waals surface area contributed by atoms with Gasteiger partial charge in [-0.3, -0.25) is 4.99 Å². The number of nitrogens with zero attached hydrogens (tertiary/aromatic N) is 2. The fourth-order valence-corrected chi connectivity index (χ4v) is 1.66. The van der Waals surface area contributed by atoms with E-state index < -0.39 is 0 Å². The highest BCUT2D eigenvalue weighted by atomic mass is 19.1. The number of aliphatic imine (C=N–C) groups is 1. The second-order valence-electron chi connectivity index (χ2n) is 3.90. The number of hydrogen-bond acceptors (Lipinski definition) is 2. The molecule has 0 saturated heterocycles. The summed E-state index contributed by atoms with van der Waals surface area (Å²) < 4.78 is 12.7. The molecule has 1 aromatic carbocycles. The summed E-state index contributed by atoms with van der Waals surface area (Å²) in [6.07, 6.45) is 5.05. The highest BCUT2D eigenvalue weighted by Gasteiger charge is 2.06. The van der Waals surface area contributed by atoms with E-state index in [2.05, 4.69) is 9.89 Å². The largest absolute Gasteiger partial charge is 0.360 e. The maximum atomic E-state index is 12.7. The molecule has 0 bridgehead atoms. The van der Waals surface area contributed by atoms with Crippen LogP contribution in [-0.2, 0) is 0 Å². The van der Waals surface area contributed by atoms with Gasteiger partial charge in [0.25, 0.3) is 0 Å². The number of halogens is 1. The number of hydrogen-bond donors (Lipinski definition) is 0. The molecule has 0 fully saturated rings. The fraction of sp³-hybridized carbons (Fsp3) is 0.308. The molecule has 3 heteroatoms. The Morgan fingerprint density at radius 3 is 2.69 bits per heavy atom. The molecule has 0 radical (unpaired) electrons. The van der Waals surface area contributed by atoms with E-state index in [-0.39, 0.29) is 5.82 Å². The van der Waals surface area contributed by atoms with Gasteiger partial charge in [0.2, 0.25) is 0 Å². The number of benzene rings is 1. The first-order valence-corrected chi connectivity index (χ1v) is 5.45. The van der Waals surface area contributed by atoms with Crippen LogP contribution in [0, 0.1) is 5.82 Å². The maximum absolute atomic E-state index is 12.7. The van der Waals surface area contributed by atoms with Crippen LogP contribution in [0.4, 0.5) is 4.39 Å². The van der Waals surface area contributed by atoms with Crippen molar-refractivity contribution in [3.8, 4) is 0 Å². The molecular formula is C13H15FN2. The van der Waals surface area contributed by atoms with E-state index in [4.69, 9.17) is 0 Å². The highest BCUT2D eigenvalue weighted by molar-refractivity contribution is 5.96. The molecule has 0 saturated carbocycles. The van der Waals surface area contributed by atoms with Crippen molar-refractivity contribution in [1.29, 1.82) is 0 Å². The lowest BCUT2D eigenvalue weighted by Gasteiger charge is -2.22. The topological polar surface area (TPSA) is 15.6 Å². The molecule has 1 heterocycles. The zero-order valence-corrected chi connectivity index (χ0v) is 9.36. The average molecular weight is 218 g/mol. The molecule has 0 aromatic heterocycles. The van der Waals surface area contributed by atoms with Gasteiger partial charge in [0.1, 0.15) is 11.7 Å². The first-order valence-electron chi connectivity index (χ1n) is 5.45. The highest BCUT2D eigenvalue weighted by Crippen LogP contribution is 2.07. The molecule has 0 spiro atoms. The van der Waals surface area contributed by atoms with Crippen LogP contribution < -0.4 is 0 Å². The molecule has 1 aliphatic heterocycles. The van der Waals surface area contributed by atoms with Gasteiger partial charge in [-0.2, -0.15) is 0 Å². The Kier molecular flexibility index (Phi) is 3.34. The van der Waals surface area contributed by atoms with Crippen molar-refractivity contribution in [2.75, 3.05) is 20.1 Å². The van der Waals surface area contributed by atoms with Crippen molar-refractivity contribution in [1.82, 2.24) is 4.90 Å². The molecule has 0 N–H and O–H groups in total. The van der Waals surface area contributed by atoms with Crippen LogP contribution in [0.3, 0.4) is 0 Å². The van der Waals surface area contributed by atoms with Gasteiger partial charge in [-0.1, -0.05) is 18.2 Å². The molecule has 0 unspecified atom stereocenters. The molecule has 2 nitrogen and oxygen atoms in total. The minimum absolute atomic E-state index is 0.204. The van der Waals surface area contributed by atoms with Crippen LogP contribution in [0.2, 0.25) is 0 Å². The summed E-state index contributed by atoms with van der Waals surface area (Å²) in [6.45, 7) is 1.94. The predicted molar refractivity (Wildman–Crippen MR) is 65.0 cm³/mol. The molecule has 1 aromatic rings. The lowest BCUT2D eigenvalue weighted by molar-refractivity contribution is 0.470. The van der Waals surface area contributed by atoms with Crippen LogP contribution >= 0.6 is 0 Å². The minimum atomic E-state index is -0.204. The van der Waals surface area contributed by atoms with E-state index in [0.717, 1.165) is 30.9 Å². The molecule has 2 rings (SSSR count). The Morgan fingerprint density at radius 1 is 1.25 bits per heavy atom. The van der Waals surface area contributed by atoms with Crippen molar-refractivity contribution in [2.24, 2.45) is 4.99 Å². The Hall–Kier alpha value is -1.64. The third-order valence-electron chi connectivity index (χ3n) is 2.61. The summed E-state index contributed by atoms with van der Waals surface area (Å²) in [7, 11) is 2.03. The zero-order valence-electron chi connectivity index (χ0n) is 9.36. The third-order valence-corrected chi connectivity index (χ3v) is 2.61. The number of amidine groups is 1. The SMILES string of the molecule is CN1CCCN=C1/C=C/c1ccc(F)cc1. The quantitative estimate of drug-likeness (QED) is 0.745. The van der Waals surface area contributed by atoms with Gasteiger partial charge in [0.15, 0.2) is 0 Å². The van der Waals surface area contributed by atoms with E-state index in [1.807, 2.05) is 19.2 Å². The van der Waals surface area contributed by atoms with Crippen LogP contribution in [0.5, 0.6) is 0 Å². The van der Waals surface area contributed by atoms with Crippen LogP contribution in [0.25, 0.3) is 6.08 Å². The normalized spacial score (nSPS) is 16.6. The van der Waals surface area contributed by atoms with E-state index in [0.29, 0.717) is 0 Å². The molecule has 0 aliphatic carbocycles. The molecule has 0 amide bonds. The molecule has 16 heavy (non-hydrogen) atoms. The van der Waals surface area contributed by atoms with Gasteiger partial charge in [0.05, 0.1) is 0 Å². The summed E-state index contributed by atoms with van der Waals surface area (Å²) in [5, 5.41) is 0. The second-order valence-corrected chi connectivity index (χ2v) is 3.90. The van der Waals surface area contributed by atoms with E-state index in [1.165, 1.54) is 12.1 Å². The van der Waals surface area contributed by atoms with Crippen molar-refractivity contribution in [3.05, 3.63) is 41.7 Å². The Bertz CT molecular complexity index is 406. The van der Waals surface area contributed by atoms with Crippen LogP contribution in [0.15, 0.2) is 35.3 Å². The van der Waals surface area contributed by atoms with Gasteiger partial charge >= 0.3 is 0 Å². The zero-order chi connectivity index (χ0) is 11.4. The summed E-state index contributed by atoms with van der Waals surface area (Å²) in [5.74, 6) is 0.792. The summed E-state index contributed by atoms with van der Waals surface area (Å²) in [5.41, 5.74) is 0.989. The molecule has 1 aliphatic rings. The maximum Gasteiger partial charge on any atom is 0.123 e. The van der Waals surface area contributed by atoms with Crippen LogP contribution in [0.1, 0.15) is 12.0 Å². The summed E-state index contributed by atoms with van der Waals surface area (Å²) in [4.78, 5) is 6.55. The van der Waals surface area contributed by atoms with Gasteiger partial charge in [-0.25, -0.2) is 4.39 Å². The van der Waals surface area contributed by atoms with Crippen LogP contribution in [-0.4, -0.2) is 30.9 Å². The van der Waals surface area contributed by atoms with E-state index in [9.17, 15) is 4.39 Å². The van der Waals surface area contributed by atoms with Gasteiger partial charge in [-0.05, 0) is 30.2 Å². The Labute approximate surface area is 95.1 Å². The lowest BCUT2D eigenvalue weighted by atomic mass is 10.2. The number of rotatable bonds is 2. The van der Waals surface area contributed by atoms with Crippen molar-refractivity contribution >= 4 is 11.9 Å². The second kappa shape index (κ2) is 4.92. The summed E-state index contributed by atoms with van der Waals surface area (Å²) in [6, 6.07) is 6.45. The van der Waals surface area contributed by atoms with Gasteiger partial charge in [-0.15, -0.1) is 0 Å². The lowest BCUT2D eigenvalue weighted by Crippen LogP contribution is -2.30. The average Bonchev–Trinajstić information content (AvgIpc) is 2.30. The molecular weight excluding hydrogens is 203 g/mol. The third kappa shape index (κ3) is 2.69. The number of likely N-dealkylation sites (N-methyl/N-ethyl adjacent to an activating group) is 1. The Morgan fingerprint density at radius 2 is 2.00 bits per heavy atom. The van der Waals surface area contributed by atoms with Crippen molar-refractivity contribution in [2.45, 2.75) is 6.42 Å². The first kappa shape index (κ1) is 10.9. The Balaban J connectivity index is 2.08. The van der Waals surface area contributed by atoms with Gasteiger partial charge < -0.3 is 4.90 Å². The summed E-state index contributed by atoms with van der Waals surface area (Å²) >= 11 is 0. The minimum Gasteiger partial charge on any atom is -0.360 e. The van der Waals surface area contributed by atoms with Crippen molar-refractivity contribution in [3.63, 3.8) is 0 Å². The molecule has 0 atom stereocenters. The van der Waals surface area contributed by atoms with E-state index >= 15 is 0 Å². The smallest absolute Gasteiger partial charge is 0.123 e. The monoisotopic (exact) mass is 218 g/mol. The predicted octanol–water partition coefficient (Wildman–Crippen LogP) is 2.57. The van der Waals surface area contributed by atoms with Gasteiger partial charge in [0, 0.05) is 20.1 Å². The standard InChI is InChI=1S/C13H15FN2/c1-16-10-2-9-15-13(16)8-5-11-3-6-12(14)7-4-11/h3-8H,2,9-10H2,1H3/b8-5+. The molecule has 84 valence electrons. The first-order chi connectivity index (χ1) is 7.75. The van der Waals surface area contributed by atoms with Crippen molar-refractivity contribution < 1.29 is 4.39 Å². The van der Waals surface area contributed by atoms with E-state index in [1.54, 1.807) is 12.1 Å². The fourth-order valence-electron chi connectivity index (χ4n) is 1.66.